The Labute approximate surface area is 103 Å². The first-order valence-electron chi connectivity index (χ1n) is 6.35. The van der Waals surface area contributed by atoms with Gasteiger partial charge in [0.25, 0.3) is 0 Å². The van der Waals surface area contributed by atoms with Crippen molar-refractivity contribution in [2.45, 2.75) is 45.4 Å². The quantitative estimate of drug-likeness (QED) is 0.629. The smallest absolute Gasteiger partial charge is 0.176 e. The number of nitrogen functional groups attached to an aromatic ring is 1. The van der Waals surface area contributed by atoms with Gasteiger partial charge < -0.3 is 10.5 Å². The minimum absolute atomic E-state index is 0.0656. The fourth-order valence-electron chi connectivity index (χ4n) is 3.24. The van der Waals surface area contributed by atoms with Gasteiger partial charge in [0.1, 0.15) is 5.75 Å². The van der Waals surface area contributed by atoms with Gasteiger partial charge in [0.15, 0.2) is 5.72 Å². The lowest BCUT2D eigenvalue weighted by molar-refractivity contribution is 0.123. The highest BCUT2D eigenvalue weighted by atomic mass is 16.5. The second kappa shape index (κ2) is 3.39. The van der Waals surface area contributed by atoms with Gasteiger partial charge in [0.2, 0.25) is 0 Å². The maximum atomic E-state index is 6.27. The Morgan fingerprint density at radius 2 is 2.00 bits per heavy atom. The molecule has 3 heteroatoms. The summed E-state index contributed by atoms with van der Waals surface area (Å²) in [4.78, 5) is 2.45. The van der Waals surface area contributed by atoms with E-state index in [-0.39, 0.29) is 5.72 Å². The molecule has 3 nitrogen and oxygen atoms in total. The number of ether oxygens (including phenoxy) is 1. The molecule has 2 heterocycles. The summed E-state index contributed by atoms with van der Waals surface area (Å²) in [6, 6.07) is 4.59. The van der Waals surface area contributed by atoms with E-state index in [0.717, 1.165) is 22.6 Å². The lowest BCUT2D eigenvalue weighted by Gasteiger charge is -2.20. The van der Waals surface area contributed by atoms with E-state index >= 15 is 0 Å². The van der Waals surface area contributed by atoms with Crippen molar-refractivity contribution in [3.8, 4) is 5.75 Å². The van der Waals surface area contributed by atoms with Crippen LogP contribution in [0.2, 0.25) is 0 Å². The third kappa shape index (κ3) is 1.53. The summed E-state index contributed by atoms with van der Waals surface area (Å²) in [5.41, 5.74) is 8.85. The number of hydrogen-bond acceptors (Lipinski definition) is 3. The van der Waals surface area contributed by atoms with Crippen LogP contribution in [0, 0.1) is 13.8 Å². The van der Waals surface area contributed by atoms with Crippen molar-refractivity contribution in [3.05, 3.63) is 23.3 Å². The van der Waals surface area contributed by atoms with E-state index in [0.29, 0.717) is 6.04 Å². The number of nitrogens with two attached hydrogens (primary N) is 1. The topological polar surface area (TPSA) is 38.3 Å². The normalized spacial score (nSPS) is 34.5. The Morgan fingerprint density at radius 3 is 2.53 bits per heavy atom. The fraction of sp³-hybridized carbons (Fsp3) is 0.571. The summed E-state index contributed by atoms with van der Waals surface area (Å²) in [5.74, 6) is 1.01. The standard InChI is InChI=1S/C14H20N2O/c1-9-7-11(15)8-10(2)13(9)17-14(3)12-5-4-6-16(12)14/h7-8,12H,4-6,15H2,1-3H3. The molecule has 0 aliphatic carbocycles. The molecule has 2 aliphatic rings. The molecule has 0 spiro atoms. The van der Waals surface area contributed by atoms with E-state index in [2.05, 4.69) is 25.7 Å². The first kappa shape index (κ1) is 10.9. The molecule has 92 valence electrons. The van der Waals surface area contributed by atoms with Crippen LogP contribution in [0.3, 0.4) is 0 Å². The van der Waals surface area contributed by atoms with Gasteiger partial charge in [-0.1, -0.05) is 0 Å². The molecule has 0 saturated carbocycles. The lowest BCUT2D eigenvalue weighted by Crippen LogP contribution is -2.26. The van der Waals surface area contributed by atoms with Crippen LogP contribution in [0.25, 0.3) is 0 Å². The second-order valence-corrected chi connectivity index (χ2v) is 5.49. The highest BCUT2D eigenvalue weighted by Gasteiger charge is 2.63. The molecular formula is C14H20N2O. The third-order valence-electron chi connectivity index (χ3n) is 4.17. The highest BCUT2D eigenvalue weighted by molar-refractivity contribution is 5.52. The number of rotatable bonds is 2. The molecule has 17 heavy (non-hydrogen) atoms. The van der Waals surface area contributed by atoms with Crippen LogP contribution in [0.1, 0.15) is 30.9 Å². The van der Waals surface area contributed by atoms with Gasteiger partial charge in [-0.15, -0.1) is 0 Å². The lowest BCUT2D eigenvalue weighted by atomic mass is 10.1. The summed E-state index contributed by atoms with van der Waals surface area (Å²) in [6.45, 7) is 7.51. The number of piperidine rings is 1. The molecule has 0 bridgehead atoms. The van der Waals surface area contributed by atoms with E-state index in [9.17, 15) is 0 Å². The van der Waals surface area contributed by atoms with Crippen molar-refractivity contribution >= 4 is 5.69 Å². The van der Waals surface area contributed by atoms with Crippen molar-refractivity contribution < 1.29 is 4.74 Å². The fourth-order valence-corrected chi connectivity index (χ4v) is 3.24. The molecular weight excluding hydrogens is 212 g/mol. The van der Waals surface area contributed by atoms with Crippen LogP contribution in [0.5, 0.6) is 5.75 Å². The summed E-state index contributed by atoms with van der Waals surface area (Å²) >= 11 is 0. The van der Waals surface area contributed by atoms with Gasteiger partial charge in [-0.3, -0.25) is 4.90 Å². The first-order valence-corrected chi connectivity index (χ1v) is 6.35. The van der Waals surface area contributed by atoms with Crippen molar-refractivity contribution in [1.82, 2.24) is 4.90 Å². The molecule has 1 aromatic carbocycles. The van der Waals surface area contributed by atoms with Gasteiger partial charge >= 0.3 is 0 Å². The Bertz CT molecular complexity index is 436. The third-order valence-corrected chi connectivity index (χ3v) is 4.17. The van der Waals surface area contributed by atoms with Crippen molar-refractivity contribution in [3.63, 3.8) is 0 Å². The van der Waals surface area contributed by atoms with Crippen molar-refractivity contribution in [2.75, 3.05) is 12.3 Å². The van der Waals surface area contributed by atoms with Gasteiger partial charge in [-0.25, -0.2) is 0 Å². The maximum absolute atomic E-state index is 6.27. The predicted octanol–water partition coefficient (Wildman–Crippen LogP) is 2.46. The zero-order valence-electron chi connectivity index (χ0n) is 10.8. The van der Waals surface area contributed by atoms with E-state index in [4.69, 9.17) is 10.5 Å². The summed E-state index contributed by atoms with van der Waals surface area (Å²) in [6.07, 6.45) is 2.58. The zero-order chi connectivity index (χ0) is 12.2. The summed E-state index contributed by atoms with van der Waals surface area (Å²) in [5, 5.41) is 0. The Balaban J connectivity index is 1.87. The van der Waals surface area contributed by atoms with Crippen LogP contribution >= 0.6 is 0 Å². The second-order valence-electron chi connectivity index (χ2n) is 5.49. The number of anilines is 1. The molecule has 0 radical (unpaired) electrons. The predicted molar refractivity (Wildman–Crippen MR) is 69.1 cm³/mol. The van der Waals surface area contributed by atoms with Crippen LogP contribution < -0.4 is 10.5 Å². The number of aryl methyl sites for hydroxylation is 2. The minimum Gasteiger partial charge on any atom is -0.471 e. The molecule has 2 saturated heterocycles. The van der Waals surface area contributed by atoms with Gasteiger partial charge in [0, 0.05) is 12.2 Å². The maximum Gasteiger partial charge on any atom is 0.176 e. The summed E-state index contributed by atoms with van der Waals surface area (Å²) < 4.78 is 6.27. The van der Waals surface area contributed by atoms with Crippen molar-refractivity contribution in [1.29, 1.82) is 0 Å². The highest BCUT2D eigenvalue weighted by Crippen LogP contribution is 2.49. The molecule has 2 aliphatic heterocycles. The number of nitrogens with zero attached hydrogens (tertiary/aromatic N) is 1. The largest absolute Gasteiger partial charge is 0.471 e. The van der Waals surface area contributed by atoms with Gasteiger partial charge in [-0.2, -0.15) is 0 Å². The minimum atomic E-state index is -0.0656. The summed E-state index contributed by atoms with van der Waals surface area (Å²) in [7, 11) is 0. The van der Waals surface area contributed by atoms with E-state index in [1.54, 1.807) is 0 Å². The zero-order valence-corrected chi connectivity index (χ0v) is 10.8. The van der Waals surface area contributed by atoms with Crippen LogP contribution in [0.4, 0.5) is 5.69 Å². The van der Waals surface area contributed by atoms with E-state index < -0.39 is 0 Å². The molecule has 3 unspecified atom stereocenters. The van der Waals surface area contributed by atoms with Crippen LogP contribution in [0.15, 0.2) is 12.1 Å². The van der Waals surface area contributed by atoms with Crippen LogP contribution in [-0.4, -0.2) is 23.2 Å². The van der Waals surface area contributed by atoms with Crippen molar-refractivity contribution in [2.24, 2.45) is 0 Å². The SMILES string of the molecule is Cc1cc(N)cc(C)c1OC1(C)C2CCCN21. The first-order chi connectivity index (χ1) is 8.02. The number of hydrogen-bond donors (Lipinski definition) is 1. The molecule has 0 amide bonds. The average molecular weight is 232 g/mol. The van der Waals surface area contributed by atoms with Gasteiger partial charge in [0.05, 0.1) is 6.04 Å². The molecule has 3 rings (SSSR count). The monoisotopic (exact) mass is 232 g/mol. The number of fused-ring (bicyclic) bond motifs is 1. The van der Waals surface area contributed by atoms with Gasteiger partial charge in [-0.05, 0) is 56.9 Å². The average Bonchev–Trinajstić information content (AvgIpc) is 2.66. The Hall–Kier alpha value is -1.22. The molecule has 3 atom stereocenters. The molecule has 2 N–H and O–H groups in total. The molecule has 0 aromatic heterocycles. The Kier molecular flexibility index (Phi) is 2.17. The Morgan fingerprint density at radius 1 is 1.35 bits per heavy atom. The van der Waals surface area contributed by atoms with E-state index in [1.807, 2.05) is 12.1 Å². The van der Waals surface area contributed by atoms with E-state index in [1.165, 1.54) is 19.4 Å². The molecule has 1 aromatic rings. The number of benzene rings is 1. The molecule has 2 fully saturated rings. The van der Waals surface area contributed by atoms with Crippen LogP contribution in [-0.2, 0) is 0 Å².